The van der Waals surface area contributed by atoms with Gasteiger partial charge in [-0.2, -0.15) is 0 Å². The minimum absolute atomic E-state index is 0.262. The zero-order chi connectivity index (χ0) is 20.5. The first-order valence-corrected chi connectivity index (χ1v) is 11.0. The molecule has 0 spiro atoms. The van der Waals surface area contributed by atoms with Crippen LogP contribution in [0.4, 0.5) is 5.82 Å². The van der Waals surface area contributed by atoms with Crippen molar-refractivity contribution in [2.24, 2.45) is 17.3 Å². The molecule has 3 heterocycles. The van der Waals surface area contributed by atoms with Crippen molar-refractivity contribution in [3.05, 3.63) is 17.1 Å². The zero-order valence-corrected chi connectivity index (χ0v) is 18.7. The van der Waals surface area contributed by atoms with Crippen molar-refractivity contribution in [2.45, 2.75) is 80.2 Å². The zero-order valence-electron chi connectivity index (χ0n) is 18.7. The van der Waals surface area contributed by atoms with Crippen LogP contribution in [-0.4, -0.2) is 40.4 Å². The third-order valence-electron chi connectivity index (χ3n) is 6.07. The first-order chi connectivity index (χ1) is 13.1. The lowest BCUT2D eigenvalue weighted by molar-refractivity contribution is -0.133. The number of hydrogen-bond donors (Lipinski definition) is 0. The molecular formula is C23H38N4O. The first kappa shape index (κ1) is 21.1. The number of nitrogens with zero attached hydrogens (tertiary/aromatic N) is 4. The van der Waals surface area contributed by atoms with Gasteiger partial charge in [0, 0.05) is 38.0 Å². The average molecular weight is 387 g/mol. The van der Waals surface area contributed by atoms with E-state index < -0.39 is 0 Å². The van der Waals surface area contributed by atoms with Crippen LogP contribution in [-0.2, 0) is 17.8 Å². The standard InChI is InChI=1S/C23H38N4O/c1-16-7-10-26(11-8-16)22-19-15-27(12-9-20(19)24-18(3)25-22)21(28)13-17(2)14-23(4,5)6/h16-17H,7-15H2,1-6H3/t17-/m0/s1. The van der Waals surface area contributed by atoms with Crippen molar-refractivity contribution >= 4 is 11.7 Å². The highest BCUT2D eigenvalue weighted by molar-refractivity contribution is 5.77. The summed E-state index contributed by atoms with van der Waals surface area (Å²) < 4.78 is 0. The van der Waals surface area contributed by atoms with Gasteiger partial charge in [0.15, 0.2) is 0 Å². The normalized spacial score (nSPS) is 19.5. The van der Waals surface area contributed by atoms with E-state index in [1.165, 1.54) is 18.4 Å². The van der Waals surface area contributed by atoms with Crippen LogP contribution in [0.1, 0.15) is 77.4 Å². The van der Waals surface area contributed by atoms with Gasteiger partial charge in [-0.1, -0.05) is 34.6 Å². The maximum atomic E-state index is 13.0. The molecule has 5 nitrogen and oxygen atoms in total. The summed E-state index contributed by atoms with van der Waals surface area (Å²) in [5.41, 5.74) is 2.59. The Hall–Kier alpha value is -1.65. The van der Waals surface area contributed by atoms with Crippen LogP contribution in [0.15, 0.2) is 0 Å². The molecule has 2 aliphatic rings. The molecule has 0 radical (unpaired) electrons. The van der Waals surface area contributed by atoms with Gasteiger partial charge >= 0.3 is 0 Å². The van der Waals surface area contributed by atoms with Gasteiger partial charge < -0.3 is 9.80 Å². The second kappa shape index (κ2) is 8.38. The van der Waals surface area contributed by atoms with Crippen LogP contribution in [0.5, 0.6) is 0 Å². The van der Waals surface area contributed by atoms with Crippen LogP contribution in [0.25, 0.3) is 0 Å². The van der Waals surface area contributed by atoms with Crippen molar-refractivity contribution in [1.82, 2.24) is 14.9 Å². The smallest absolute Gasteiger partial charge is 0.223 e. The molecule has 0 saturated carbocycles. The third kappa shape index (κ3) is 5.24. The monoisotopic (exact) mass is 386 g/mol. The Balaban J connectivity index is 1.73. The second-order valence-corrected chi connectivity index (χ2v) is 10.3. The van der Waals surface area contributed by atoms with Gasteiger partial charge in [0.25, 0.3) is 0 Å². The van der Waals surface area contributed by atoms with Crippen LogP contribution in [0, 0.1) is 24.2 Å². The summed E-state index contributed by atoms with van der Waals surface area (Å²) in [7, 11) is 0. The number of aromatic nitrogens is 2. The molecule has 0 unspecified atom stereocenters. The molecule has 0 N–H and O–H groups in total. The number of carbonyl (C=O) groups is 1. The fourth-order valence-electron chi connectivity index (χ4n) is 4.76. The average Bonchev–Trinajstić information content (AvgIpc) is 2.59. The summed E-state index contributed by atoms with van der Waals surface area (Å²) in [6.07, 6.45) is 4.98. The predicted octanol–water partition coefficient (Wildman–Crippen LogP) is 4.37. The van der Waals surface area contributed by atoms with Crippen molar-refractivity contribution in [1.29, 1.82) is 0 Å². The van der Waals surface area contributed by atoms with E-state index in [0.717, 1.165) is 55.7 Å². The topological polar surface area (TPSA) is 49.3 Å². The van der Waals surface area contributed by atoms with Gasteiger partial charge in [0.1, 0.15) is 11.6 Å². The van der Waals surface area contributed by atoms with Gasteiger partial charge in [-0.3, -0.25) is 4.79 Å². The molecule has 2 aliphatic heterocycles. The molecule has 156 valence electrons. The molecule has 1 amide bonds. The molecule has 1 fully saturated rings. The van der Waals surface area contributed by atoms with E-state index in [4.69, 9.17) is 9.97 Å². The molecular weight excluding hydrogens is 348 g/mol. The van der Waals surface area contributed by atoms with E-state index in [2.05, 4.69) is 39.5 Å². The summed E-state index contributed by atoms with van der Waals surface area (Å²) in [4.78, 5) is 27.0. The predicted molar refractivity (Wildman–Crippen MR) is 114 cm³/mol. The SMILES string of the molecule is Cc1nc2c(c(N3CCC(C)CC3)n1)CN(C(=O)C[C@H](C)CC(C)(C)C)CC2. The Morgan fingerprint density at radius 3 is 2.50 bits per heavy atom. The number of rotatable bonds is 4. The highest BCUT2D eigenvalue weighted by Gasteiger charge is 2.29. The largest absolute Gasteiger partial charge is 0.356 e. The van der Waals surface area contributed by atoms with Crippen molar-refractivity contribution in [3.63, 3.8) is 0 Å². The van der Waals surface area contributed by atoms with E-state index in [0.29, 0.717) is 18.9 Å². The molecule has 28 heavy (non-hydrogen) atoms. The minimum Gasteiger partial charge on any atom is -0.356 e. The molecule has 5 heteroatoms. The van der Waals surface area contributed by atoms with E-state index in [9.17, 15) is 4.79 Å². The molecule has 1 aromatic heterocycles. The lowest BCUT2D eigenvalue weighted by Crippen LogP contribution is -2.40. The second-order valence-electron chi connectivity index (χ2n) is 10.3. The summed E-state index contributed by atoms with van der Waals surface area (Å²) in [5.74, 6) is 3.41. The van der Waals surface area contributed by atoms with Crippen LogP contribution in [0.3, 0.4) is 0 Å². The van der Waals surface area contributed by atoms with Crippen LogP contribution < -0.4 is 4.90 Å². The third-order valence-corrected chi connectivity index (χ3v) is 6.07. The summed E-state index contributed by atoms with van der Waals surface area (Å²) >= 11 is 0. The maximum absolute atomic E-state index is 13.0. The minimum atomic E-state index is 0.262. The molecule has 1 atom stereocenters. The highest BCUT2D eigenvalue weighted by Crippen LogP contribution is 2.31. The number of anilines is 1. The Bertz CT molecular complexity index is 701. The first-order valence-electron chi connectivity index (χ1n) is 11.0. The lowest BCUT2D eigenvalue weighted by atomic mass is 9.84. The number of aryl methyl sites for hydroxylation is 1. The van der Waals surface area contributed by atoms with Gasteiger partial charge in [-0.25, -0.2) is 9.97 Å². The van der Waals surface area contributed by atoms with Crippen LogP contribution in [0.2, 0.25) is 0 Å². The molecule has 1 aromatic rings. The molecule has 1 saturated heterocycles. The Morgan fingerprint density at radius 1 is 1.18 bits per heavy atom. The van der Waals surface area contributed by atoms with E-state index >= 15 is 0 Å². The Labute approximate surface area is 170 Å². The lowest BCUT2D eigenvalue weighted by Gasteiger charge is -2.36. The summed E-state index contributed by atoms with van der Waals surface area (Å²) in [6.45, 7) is 16.8. The number of amides is 1. The van der Waals surface area contributed by atoms with Gasteiger partial charge in [0.05, 0.1) is 12.2 Å². The molecule has 0 aliphatic carbocycles. The van der Waals surface area contributed by atoms with Gasteiger partial charge in [-0.15, -0.1) is 0 Å². The van der Waals surface area contributed by atoms with Crippen molar-refractivity contribution in [3.8, 4) is 0 Å². The van der Waals surface area contributed by atoms with Gasteiger partial charge in [-0.05, 0) is 43.4 Å². The van der Waals surface area contributed by atoms with E-state index in [-0.39, 0.29) is 11.3 Å². The van der Waals surface area contributed by atoms with E-state index in [1.807, 2.05) is 11.8 Å². The van der Waals surface area contributed by atoms with Crippen LogP contribution >= 0.6 is 0 Å². The number of carbonyl (C=O) groups excluding carboxylic acids is 1. The fourth-order valence-corrected chi connectivity index (χ4v) is 4.76. The van der Waals surface area contributed by atoms with E-state index in [1.54, 1.807) is 0 Å². The maximum Gasteiger partial charge on any atom is 0.223 e. The number of fused-ring (bicyclic) bond motifs is 1. The number of hydrogen-bond acceptors (Lipinski definition) is 4. The quantitative estimate of drug-likeness (QED) is 0.771. The molecule has 0 bridgehead atoms. The molecule has 3 rings (SSSR count). The molecule has 0 aromatic carbocycles. The van der Waals surface area contributed by atoms with Gasteiger partial charge in [0.2, 0.25) is 5.91 Å². The van der Waals surface area contributed by atoms with Crippen molar-refractivity contribution < 1.29 is 4.79 Å². The number of piperidine rings is 1. The summed E-state index contributed by atoms with van der Waals surface area (Å²) in [5, 5.41) is 0. The summed E-state index contributed by atoms with van der Waals surface area (Å²) in [6, 6.07) is 0. The fraction of sp³-hybridized carbons (Fsp3) is 0.783. The van der Waals surface area contributed by atoms with Crippen molar-refractivity contribution in [2.75, 3.05) is 24.5 Å². The highest BCUT2D eigenvalue weighted by atomic mass is 16.2. The Morgan fingerprint density at radius 2 is 1.86 bits per heavy atom. The Kier molecular flexibility index (Phi) is 6.31.